The van der Waals surface area contributed by atoms with Crippen LogP contribution in [0.25, 0.3) is 0 Å². The Labute approximate surface area is 81.4 Å². The van der Waals surface area contributed by atoms with Crippen molar-refractivity contribution < 1.29 is 4.57 Å². The minimum absolute atomic E-state index is 0.147. The molecule has 0 aliphatic rings. The molecule has 0 amide bonds. The third-order valence-corrected chi connectivity index (χ3v) is 3.20. The highest BCUT2D eigenvalue weighted by molar-refractivity contribution is 4.86. The van der Waals surface area contributed by atoms with Crippen LogP contribution in [0.5, 0.6) is 0 Å². The third kappa shape index (κ3) is 1.90. The van der Waals surface area contributed by atoms with E-state index in [9.17, 15) is 0 Å². The lowest BCUT2D eigenvalue weighted by molar-refractivity contribution is -0.772. The van der Waals surface area contributed by atoms with Crippen LogP contribution in [-0.2, 0) is 5.54 Å². The third-order valence-electron chi connectivity index (χ3n) is 3.20. The predicted molar refractivity (Wildman–Crippen MR) is 55.4 cm³/mol. The fraction of sp³-hybridized carbons (Fsp3) is 0.583. The Hall–Kier alpha value is -0.850. The molecule has 0 atom stereocenters. The lowest BCUT2D eigenvalue weighted by Crippen LogP contribution is -2.58. The molecular formula is C12H20N+. The molecule has 0 aromatic carbocycles. The maximum atomic E-state index is 2.27. The van der Waals surface area contributed by atoms with Gasteiger partial charge in [-0.1, -0.05) is 26.8 Å². The summed E-state index contributed by atoms with van der Waals surface area (Å²) in [5, 5.41) is 0. The monoisotopic (exact) mass is 178 g/mol. The van der Waals surface area contributed by atoms with Crippen molar-refractivity contribution in [2.75, 3.05) is 0 Å². The lowest BCUT2D eigenvalue weighted by atomic mass is 9.76. The van der Waals surface area contributed by atoms with Gasteiger partial charge in [0.25, 0.3) is 0 Å². The highest BCUT2D eigenvalue weighted by Crippen LogP contribution is 2.31. The second-order valence-electron chi connectivity index (χ2n) is 5.09. The summed E-state index contributed by atoms with van der Waals surface area (Å²) in [5.74, 6) is 0. The van der Waals surface area contributed by atoms with Crippen LogP contribution in [-0.4, -0.2) is 0 Å². The maximum absolute atomic E-state index is 2.27. The fourth-order valence-corrected chi connectivity index (χ4v) is 1.16. The second kappa shape index (κ2) is 3.13. The minimum atomic E-state index is 0.147. The summed E-state index contributed by atoms with van der Waals surface area (Å²) in [7, 11) is 0. The van der Waals surface area contributed by atoms with Crippen molar-refractivity contribution in [3.63, 3.8) is 0 Å². The number of hydrogen-bond acceptors (Lipinski definition) is 0. The Morgan fingerprint density at radius 1 is 0.769 bits per heavy atom. The second-order valence-corrected chi connectivity index (χ2v) is 5.09. The number of rotatable bonds is 1. The van der Waals surface area contributed by atoms with Gasteiger partial charge < -0.3 is 0 Å². The zero-order chi connectivity index (χ0) is 10.1. The Morgan fingerprint density at radius 3 is 1.62 bits per heavy atom. The van der Waals surface area contributed by atoms with Crippen molar-refractivity contribution in [1.29, 1.82) is 0 Å². The summed E-state index contributed by atoms with van der Waals surface area (Å²) >= 11 is 0. The van der Waals surface area contributed by atoms with E-state index in [1.807, 2.05) is 0 Å². The Kier molecular flexibility index (Phi) is 2.47. The molecule has 0 radical (unpaired) electrons. The first-order chi connectivity index (χ1) is 5.86. The largest absolute Gasteiger partial charge is 0.200 e. The molecule has 0 unspecified atom stereocenters. The van der Waals surface area contributed by atoms with Crippen LogP contribution in [0.3, 0.4) is 0 Å². The summed E-state index contributed by atoms with van der Waals surface area (Å²) in [6.45, 7) is 11.4. The molecule has 1 rings (SSSR count). The smallest absolute Gasteiger partial charge is 0.169 e. The molecule has 0 saturated carbocycles. The van der Waals surface area contributed by atoms with Crippen LogP contribution < -0.4 is 4.57 Å². The van der Waals surface area contributed by atoms with Gasteiger partial charge in [-0.25, -0.2) is 0 Å². The summed E-state index contributed by atoms with van der Waals surface area (Å²) in [4.78, 5) is 0. The van der Waals surface area contributed by atoms with Gasteiger partial charge in [-0.3, -0.25) is 0 Å². The van der Waals surface area contributed by atoms with Gasteiger partial charge in [-0.2, -0.15) is 4.57 Å². The molecule has 1 heterocycles. The average molecular weight is 178 g/mol. The first-order valence-corrected chi connectivity index (χ1v) is 4.82. The van der Waals surface area contributed by atoms with E-state index in [0.717, 1.165) is 0 Å². The van der Waals surface area contributed by atoms with Gasteiger partial charge in [-0.15, -0.1) is 0 Å². The normalized spacial score (nSPS) is 13.0. The quantitative estimate of drug-likeness (QED) is 0.582. The molecule has 1 aromatic heterocycles. The Balaban J connectivity index is 3.08. The number of pyridine rings is 1. The van der Waals surface area contributed by atoms with Crippen molar-refractivity contribution in [3.8, 4) is 0 Å². The molecule has 0 saturated heterocycles. The molecule has 0 bridgehead atoms. The number of aromatic nitrogens is 1. The van der Waals surface area contributed by atoms with Crippen molar-refractivity contribution in [3.05, 3.63) is 30.6 Å². The summed E-state index contributed by atoms with van der Waals surface area (Å²) < 4.78 is 2.27. The fourth-order valence-electron chi connectivity index (χ4n) is 1.16. The molecule has 0 aliphatic heterocycles. The SMILES string of the molecule is CC(C)(C)C(C)(C)[n+]1ccccc1. The zero-order valence-corrected chi connectivity index (χ0v) is 9.33. The van der Waals surface area contributed by atoms with Crippen LogP contribution in [0.1, 0.15) is 34.6 Å². The molecule has 0 spiro atoms. The van der Waals surface area contributed by atoms with E-state index in [1.165, 1.54) is 0 Å². The van der Waals surface area contributed by atoms with Gasteiger partial charge in [0.1, 0.15) is 0 Å². The standard InChI is InChI=1S/C12H20N/c1-11(2,3)12(4,5)13-9-7-6-8-10-13/h6-10H,1-5H3/q+1. The van der Waals surface area contributed by atoms with E-state index < -0.39 is 0 Å². The highest BCUT2D eigenvalue weighted by Gasteiger charge is 2.41. The summed E-state index contributed by atoms with van der Waals surface area (Å²) in [5.41, 5.74) is 0.410. The van der Waals surface area contributed by atoms with Gasteiger partial charge in [0.15, 0.2) is 17.9 Å². The Bertz CT molecular complexity index is 267. The Morgan fingerprint density at radius 2 is 1.23 bits per heavy atom. The first-order valence-electron chi connectivity index (χ1n) is 4.82. The van der Waals surface area contributed by atoms with E-state index in [4.69, 9.17) is 0 Å². The minimum Gasteiger partial charge on any atom is -0.200 e. The summed E-state index contributed by atoms with van der Waals surface area (Å²) in [6.07, 6.45) is 4.26. The van der Waals surface area contributed by atoms with Crippen LogP contribution in [0.15, 0.2) is 30.6 Å². The van der Waals surface area contributed by atoms with E-state index >= 15 is 0 Å². The van der Waals surface area contributed by atoms with Gasteiger partial charge in [0.2, 0.25) is 0 Å². The first kappa shape index (κ1) is 10.2. The number of nitrogens with zero attached hydrogens (tertiary/aromatic N) is 1. The maximum Gasteiger partial charge on any atom is 0.169 e. The molecular weight excluding hydrogens is 158 g/mol. The van der Waals surface area contributed by atoms with Crippen molar-refractivity contribution in [2.24, 2.45) is 5.41 Å². The molecule has 1 heteroatoms. The van der Waals surface area contributed by atoms with Crippen LogP contribution >= 0.6 is 0 Å². The van der Waals surface area contributed by atoms with Crippen LogP contribution in [0.2, 0.25) is 0 Å². The number of hydrogen-bond donors (Lipinski definition) is 0. The van der Waals surface area contributed by atoms with Gasteiger partial charge >= 0.3 is 0 Å². The molecule has 0 fully saturated rings. The summed E-state index contributed by atoms with van der Waals surface area (Å²) in [6, 6.07) is 6.20. The van der Waals surface area contributed by atoms with E-state index in [-0.39, 0.29) is 11.0 Å². The van der Waals surface area contributed by atoms with Crippen molar-refractivity contribution in [1.82, 2.24) is 0 Å². The van der Waals surface area contributed by atoms with Gasteiger partial charge in [-0.05, 0) is 0 Å². The molecule has 1 nitrogen and oxygen atoms in total. The lowest BCUT2D eigenvalue weighted by Gasteiger charge is -2.33. The van der Waals surface area contributed by atoms with Gasteiger partial charge in [0, 0.05) is 31.4 Å². The molecule has 0 N–H and O–H groups in total. The topological polar surface area (TPSA) is 3.88 Å². The highest BCUT2D eigenvalue weighted by atomic mass is 15.0. The van der Waals surface area contributed by atoms with E-state index in [2.05, 4.69) is 69.8 Å². The van der Waals surface area contributed by atoms with Crippen molar-refractivity contribution in [2.45, 2.75) is 40.2 Å². The van der Waals surface area contributed by atoms with Gasteiger partial charge in [0.05, 0.1) is 0 Å². The van der Waals surface area contributed by atoms with Crippen molar-refractivity contribution >= 4 is 0 Å². The van der Waals surface area contributed by atoms with E-state index in [0.29, 0.717) is 0 Å². The van der Waals surface area contributed by atoms with Crippen LogP contribution in [0, 0.1) is 5.41 Å². The predicted octanol–water partition coefficient (Wildman–Crippen LogP) is 2.76. The molecule has 0 aliphatic carbocycles. The molecule has 72 valence electrons. The average Bonchev–Trinajstić information content (AvgIpc) is 2.04. The molecule has 13 heavy (non-hydrogen) atoms. The molecule has 1 aromatic rings. The van der Waals surface area contributed by atoms with E-state index in [1.54, 1.807) is 0 Å². The zero-order valence-electron chi connectivity index (χ0n) is 9.33. The van der Waals surface area contributed by atoms with Crippen LogP contribution in [0.4, 0.5) is 0 Å².